The van der Waals surface area contributed by atoms with Crippen LogP contribution in [0.4, 0.5) is 0 Å². The highest BCUT2D eigenvalue weighted by atomic mass is 15.4. The number of piperidine rings is 1. The zero-order chi connectivity index (χ0) is 11.2. The first-order valence-electron chi connectivity index (χ1n) is 6.26. The molecule has 1 aliphatic heterocycles. The Kier molecular flexibility index (Phi) is 3.97. The SMILES string of the molecule is CCc1ccc(/C=N\N2CCCCC2)cc1. The van der Waals surface area contributed by atoms with Crippen molar-refractivity contribution >= 4 is 6.21 Å². The summed E-state index contributed by atoms with van der Waals surface area (Å²) in [5, 5.41) is 6.70. The summed E-state index contributed by atoms with van der Waals surface area (Å²) in [7, 11) is 0. The van der Waals surface area contributed by atoms with Crippen LogP contribution in [0.3, 0.4) is 0 Å². The second kappa shape index (κ2) is 5.69. The molecule has 2 nitrogen and oxygen atoms in total. The van der Waals surface area contributed by atoms with Gasteiger partial charge in [-0.05, 0) is 36.8 Å². The first kappa shape index (κ1) is 11.2. The Labute approximate surface area is 98.0 Å². The van der Waals surface area contributed by atoms with Crippen LogP contribution in [0, 0.1) is 0 Å². The predicted octanol–water partition coefficient (Wildman–Crippen LogP) is 3.07. The molecule has 2 heteroatoms. The van der Waals surface area contributed by atoms with Gasteiger partial charge < -0.3 is 0 Å². The fraction of sp³-hybridized carbons (Fsp3) is 0.500. The van der Waals surface area contributed by atoms with Crippen LogP contribution in [0.25, 0.3) is 0 Å². The smallest absolute Gasteiger partial charge is 0.0542 e. The topological polar surface area (TPSA) is 15.6 Å². The van der Waals surface area contributed by atoms with Gasteiger partial charge in [-0.1, -0.05) is 31.2 Å². The van der Waals surface area contributed by atoms with Crippen molar-refractivity contribution in [1.82, 2.24) is 5.01 Å². The summed E-state index contributed by atoms with van der Waals surface area (Å²) in [6.07, 6.45) is 7.00. The molecule has 1 saturated heterocycles. The zero-order valence-corrected chi connectivity index (χ0v) is 10.0. The summed E-state index contributed by atoms with van der Waals surface area (Å²) < 4.78 is 0. The van der Waals surface area contributed by atoms with Crippen molar-refractivity contribution in [3.05, 3.63) is 35.4 Å². The van der Waals surface area contributed by atoms with Gasteiger partial charge in [-0.2, -0.15) is 5.10 Å². The molecule has 1 aromatic carbocycles. The Morgan fingerprint density at radius 1 is 1.12 bits per heavy atom. The van der Waals surface area contributed by atoms with E-state index in [4.69, 9.17) is 0 Å². The summed E-state index contributed by atoms with van der Waals surface area (Å²) in [5.74, 6) is 0. The maximum atomic E-state index is 4.52. The fourth-order valence-corrected chi connectivity index (χ4v) is 1.98. The lowest BCUT2D eigenvalue weighted by Gasteiger charge is -2.23. The van der Waals surface area contributed by atoms with E-state index in [0.29, 0.717) is 0 Å². The third kappa shape index (κ3) is 3.09. The number of benzene rings is 1. The fourth-order valence-electron chi connectivity index (χ4n) is 1.98. The maximum Gasteiger partial charge on any atom is 0.0542 e. The van der Waals surface area contributed by atoms with Crippen LogP contribution in [-0.2, 0) is 6.42 Å². The largest absolute Gasteiger partial charge is 0.297 e. The molecule has 0 aliphatic carbocycles. The van der Waals surface area contributed by atoms with Crippen LogP contribution >= 0.6 is 0 Å². The normalized spacial score (nSPS) is 16.9. The quantitative estimate of drug-likeness (QED) is 0.709. The van der Waals surface area contributed by atoms with Crippen LogP contribution < -0.4 is 0 Å². The summed E-state index contributed by atoms with van der Waals surface area (Å²) in [6, 6.07) is 8.65. The summed E-state index contributed by atoms with van der Waals surface area (Å²) in [4.78, 5) is 0. The van der Waals surface area contributed by atoms with Crippen molar-refractivity contribution in [2.24, 2.45) is 5.10 Å². The van der Waals surface area contributed by atoms with Crippen molar-refractivity contribution < 1.29 is 0 Å². The zero-order valence-electron chi connectivity index (χ0n) is 10.0. The van der Waals surface area contributed by atoms with Crippen LogP contribution in [0.2, 0.25) is 0 Å². The van der Waals surface area contributed by atoms with Crippen molar-refractivity contribution in [2.45, 2.75) is 32.6 Å². The van der Waals surface area contributed by atoms with Gasteiger partial charge in [-0.25, -0.2) is 0 Å². The standard InChI is InChI=1S/C14H20N2/c1-2-13-6-8-14(9-7-13)12-15-16-10-4-3-5-11-16/h6-9,12H,2-5,10-11H2,1H3/b15-12-. The molecule has 1 aliphatic rings. The minimum absolute atomic E-state index is 1.10. The van der Waals surface area contributed by atoms with E-state index < -0.39 is 0 Å². The lowest BCUT2D eigenvalue weighted by molar-refractivity contribution is 0.240. The van der Waals surface area contributed by atoms with E-state index in [2.05, 4.69) is 41.3 Å². The first-order valence-corrected chi connectivity index (χ1v) is 6.26. The Morgan fingerprint density at radius 3 is 2.44 bits per heavy atom. The highest BCUT2D eigenvalue weighted by Gasteiger charge is 2.05. The molecule has 0 saturated carbocycles. The number of hydrogen-bond acceptors (Lipinski definition) is 2. The summed E-state index contributed by atoms with van der Waals surface area (Å²) in [6.45, 7) is 4.41. The Morgan fingerprint density at radius 2 is 1.81 bits per heavy atom. The second-order valence-corrected chi connectivity index (χ2v) is 4.35. The third-order valence-electron chi connectivity index (χ3n) is 3.09. The molecule has 16 heavy (non-hydrogen) atoms. The highest BCUT2D eigenvalue weighted by Crippen LogP contribution is 2.09. The molecule has 1 aromatic rings. The number of hydrogen-bond donors (Lipinski definition) is 0. The van der Waals surface area contributed by atoms with E-state index in [1.807, 2.05) is 6.21 Å². The van der Waals surface area contributed by atoms with Crippen molar-refractivity contribution in [2.75, 3.05) is 13.1 Å². The second-order valence-electron chi connectivity index (χ2n) is 4.35. The monoisotopic (exact) mass is 216 g/mol. The lowest BCUT2D eigenvalue weighted by Crippen LogP contribution is -2.24. The van der Waals surface area contributed by atoms with Gasteiger partial charge in [0.25, 0.3) is 0 Å². The molecule has 0 atom stereocenters. The van der Waals surface area contributed by atoms with E-state index in [9.17, 15) is 0 Å². The van der Waals surface area contributed by atoms with Crippen LogP contribution in [0.5, 0.6) is 0 Å². The highest BCUT2D eigenvalue weighted by molar-refractivity contribution is 5.79. The van der Waals surface area contributed by atoms with Gasteiger partial charge >= 0.3 is 0 Å². The number of nitrogens with zero attached hydrogens (tertiary/aromatic N) is 2. The van der Waals surface area contributed by atoms with Gasteiger partial charge in [-0.15, -0.1) is 0 Å². The minimum atomic E-state index is 1.10. The van der Waals surface area contributed by atoms with Crippen molar-refractivity contribution in [3.63, 3.8) is 0 Å². The number of rotatable bonds is 3. The van der Waals surface area contributed by atoms with Gasteiger partial charge in [0.1, 0.15) is 0 Å². The Balaban J connectivity index is 1.94. The molecule has 0 spiro atoms. The lowest BCUT2D eigenvalue weighted by atomic mass is 10.1. The van der Waals surface area contributed by atoms with E-state index in [0.717, 1.165) is 19.5 Å². The molecule has 2 rings (SSSR count). The molecule has 1 fully saturated rings. The average molecular weight is 216 g/mol. The molecule has 0 amide bonds. The van der Waals surface area contributed by atoms with E-state index in [1.54, 1.807) is 0 Å². The Hall–Kier alpha value is -1.31. The van der Waals surface area contributed by atoms with Crippen LogP contribution in [0.15, 0.2) is 29.4 Å². The number of hydrazone groups is 1. The van der Waals surface area contributed by atoms with Gasteiger partial charge in [-0.3, -0.25) is 5.01 Å². The van der Waals surface area contributed by atoms with Crippen LogP contribution in [0.1, 0.15) is 37.3 Å². The van der Waals surface area contributed by atoms with Crippen molar-refractivity contribution in [1.29, 1.82) is 0 Å². The summed E-state index contributed by atoms with van der Waals surface area (Å²) in [5.41, 5.74) is 2.58. The molecule has 1 heterocycles. The van der Waals surface area contributed by atoms with Gasteiger partial charge in [0.2, 0.25) is 0 Å². The molecule has 86 valence electrons. The maximum absolute atomic E-state index is 4.52. The van der Waals surface area contributed by atoms with Gasteiger partial charge in [0.05, 0.1) is 6.21 Å². The van der Waals surface area contributed by atoms with Gasteiger partial charge in [0, 0.05) is 13.1 Å². The minimum Gasteiger partial charge on any atom is -0.297 e. The Bertz CT molecular complexity index is 334. The predicted molar refractivity (Wildman–Crippen MR) is 68.8 cm³/mol. The third-order valence-corrected chi connectivity index (χ3v) is 3.09. The first-order chi connectivity index (χ1) is 7.88. The molecule has 0 radical (unpaired) electrons. The molecular formula is C14H20N2. The molecular weight excluding hydrogens is 196 g/mol. The van der Waals surface area contributed by atoms with Gasteiger partial charge in [0.15, 0.2) is 0 Å². The molecule has 0 unspecified atom stereocenters. The summed E-state index contributed by atoms with van der Waals surface area (Å²) >= 11 is 0. The van der Waals surface area contributed by atoms with E-state index >= 15 is 0 Å². The molecule has 0 N–H and O–H groups in total. The van der Waals surface area contributed by atoms with E-state index in [1.165, 1.54) is 30.4 Å². The number of aryl methyl sites for hydroxylation is 1. The van der Waals surface area contributed by atoms with Crippen molar-refractivity contribution in [3.8, 4) is 0 Å². The molecule has 0 aromatic heterocycles. The van der Waals surface area contributed by atoms with Crippen LogP contribution in [-0.4, -0.2) is 24.3 Å². The average Bonchev–Trinajstić information content (AvgIpc) is 2.38. The molecule has 0 bridgehead atoms. The van der Waals surface area contributed by atoms with E-state index in [-0.39, 0.29) is 0 Å².